The largest absolute Gasteiger partial charge is 0.487 e. The predicted molar refractivity (Wildman–Crippen MR) is 110 cm³/mol. The Morgan fingerprint density at radius 2 is 1.67 bits per heavy atom. The van der Waals surface area contributed by atoms with Crippen molar-refractivity contribution in [2.45, 2.75) is 24.2 Å². The first-order chi connectivity index (χ1) is 14.3. The summed E-state index contributed by atoms with van der Waals surface area (Å²) in [6.07, 6.45) is 0. The van der Waals surface area contributed by atoms with Gasteiger partial charge in [0.05, 0.1) is 10.6 Å². The average Bonchev–Trinajstić information content (AvgIpc) is 2.74. The fourth-order valence-corrected chi connectivity index (χ4v) is 3.40. The van der Waals surface area contributed by atoms with Gasteiger partial charge in [-0.05, 0) is 54.4 Å². The van der Waals surface area contributed by atoms with E-state index in [1.54, 1.807) is 12.1 Å². The van der Waals surface area contributed by atoms with Gasteiger partial charge in [0.15, 0.2) is 0 Å². The van der Waals surface area contributed by atoms with Crippen LogP contribution in [0.25, 0.3) is 0 Å². The average molecular weight is 431 g/mol. The smallest absolute Gasteiger partial charge is 0.341 e. The highest BCUT2D eigenvalue weighted by Gasteiger charge is 2.26. The van der Waals surface area contributed by atoms with Crippen LogP contribution < -0.4 is 10.1 Å². The molecule has 0 saturated heterocycles. The summed E-state index contributed by atoms with van der Waals surface area (Å²) < 4.78 is 54.1. The monoisotopic (exact) mass is 431 g/mol. The predicted octanol–water partition coefficient (Wildman–Crippen LogP) is 4.82. The molecule has 0 aliphatic carbocycles. The molecule has 0 unspecified atom stereocenters. The zero-order valence-corrected chi connectivity index (χ0v) is 16.8. The van der Waals surface area contributed by atoms with E-state index in [1.165, 1.54) is 12.1 Å². The van der Waals surface area contributed by atoms with Gasteiger partial charge in [-0.1, -0.05) is 36.4 Å². The third-order valence-corrected chi connectivity index (χ3v) is 5.70. The molecule has 0 atom stereocenters. The normalized spacial score (nSPS) is 11.3. The van der Waals surface area contributed by atoms with E-state index >= 15 is 0 Å². The molecule has 3 aromatic rings. The van der Waals surface area contributed by atoms with Crippen LogP contribution in [0, 0.1) is 6.92 Å². The van der Waals surface area contributed by atoms with Crippen molar-refractivity contribution < 1.29 is 26.7 Å². The van der Waals surface area contributed by atoms with E-state index < -0.39 is 26.4 Å². The van der Waals surface area contributed by atoms with Crippen LogP contribution in [-0.4, -0.2) is 20.1 Å². The Kier molecular flexibility index (Phi) is 6.47. The van der Waals surface area contributed by atoms with Crippen LogP contribution in [0.1, 0.15) is 21.5 Å². The minimum absolute atomic E-state index is 0.123. The summed E-state index contributed by atoms with van der Waals surface area (Å²) in [6.45, 7) is 2.20. The zero-order chi connectivity index (χ0) is 21.7. The van der Waals surface area contributed by atoms with Crippen LogP contribution in [0.3, 0.4) is 0 Å². The van der Waals surface area contributed by atoms with Crippen LogP contribution in [0.15, 0.2) is 77.7 Å². The molecule has 1 amide bonds. The Labute approximate surface area is 173 Å². The number of hydrogen-bond donors (Lipinski definition) is 1. The second kappa shape index (κ2) is 9.04. The second-order valence-electron chi connectivity index (χ2n) is 6.56. The number of aryl methyl sites for hydroxylation is 1. The third kappa shape index (κ3) is 5.01. The van der Waals surface area contributed by atoms with E-state index in [0.29, 0.717) is 18.0 Å². The molecule has 5 nitrogen and oxygen atoms in total. The van der Waals surface area contributed by atoms with Crippen LogP contribution in [0.5, 0.6) is 5.75 Å². The van der Waals surface area contributed by atoms with Crippen LogP contribution in [0.4, 0.5) is 14.5 Å². The number of nitrogens with one attached hydrogen (secondary N) is 1. The molecule has 0 aromatic heterocycles. The Balaban J connectivity index is 1.76. The molecule has 1 N–H and O–H groups in total. The summed E-state index contributed by atoms with van der Waals surface area (Å²) in [5, 5.41) is 2.71. The van der Waals surface area contributed by atoms with Crippen molar-refractivity contribution in [2.24, 2.45) is 0 Å². The summed E-state index contributed by atoms with van der Waals surface area (Å²) in [5.41, 5.74) is 2.47. The lowest BCUT2D eigenvalue weighted by Crippen LogP contribution is -2.14. The van der Waals surface area contributed by atoms with Crippen molar-refractivity contribution in [3.05, 3.63) is 89.5 Å². The Morgan fingerprint density at radius 1 is 1.00 bits per heavy atom. The molecular formula is C22H19F2NO4S. The number of ether oxygens (including phenoxy) is 1. The van der Waals surface area contributed by atoms with Gasteiger partial charge in [0.2, 0.25) is 9.84 Å². The minimum atomic E-state index is -4.71. The molecule has 0 fully saturated rings. The van der Waals surface area contributed by atoms with E-state index in [9.17, 15) is 22.0 Å². The minimum Gasteiger partial charge on any atom is -0.487 e. The highest BCUT2D eigenvalue weighted by atomic mass is 32.2. The summed E-state index contributed by atoms with van der Waals surface area (Å²) in [6, 6.07) is 19.2. The molecule has 3 rings (SSSR count). The third-order valence-electron chi connectivity index (χ3n) is 4.30. The van der Waals surface area contributed by atoms with Crippen molar-refractivity contribution >= 4 is 21.4 Å². The Hall–Kier alpha value is -3.26. The van der Waals surface area contributed by atoms with E-state index in [2.05, 4.69) is 5.32 Å². The number of anilines is 1. The first kappa shape index (κ1) is 21.4. The molecular weight excluding hydrogens is 412 g/mol. The van der Waals surface area contributed by atoms with Gasteiger partial charge < -0.3 is 10.1 Å². The topological polar surface area (TPSA) is 72.5 Å². The summed E-state index contributed by atoms with van der Waals surface area (Å²) >= 11 is 0. The molecule has 8 heteroatoms. The fraction of sp³-hybridized carbons (Fsp3) is 0.136. The molecule has 30 heavy (non-hydrogen) atoms. The molecule has 3 aromatic carbocycles. The van der Waals surface area contributed by atoms with Gasteiger partial charge in [-0.3, -0.25) is 4.79 Å². The lowest BCUT2D eigenvalue weighted by atomic mass is 10.1. The zero-order valence-electron chi connectivity index (χ0n) is 16.0. The number of sulfone groups is 1. The van der Waals surface area contributed by atoms with Crippen molar-refractivity contribution in [1.82, 2.24) is 0 Å². The van der Waals surface area contributed by atoms with E-state index in [4.69, 9.17) is 4.74 Å². The quantitative estimate of drug-likeness (QED) is 0.582. The molecule has 0 saturated carbocycles. The Bertz CT molecular complexity index is 1130. The lowest BCUT2D eigenvalue weighted by molar-refractivity contribution is 0.102. The first-order valence-corrected chi connectivity index (χ1v) is 10.5. The van der Waals surface area contributed by atoms with Gasteiger partial charge in [-0.2, -0.15) is 8.78 Å². The number of alkyl halides is 2. The molecule has 156 valence electrons. The maximum absolute atomic E-state index is 12.6. The van der Waals surface area contributed by atoms with Crippen molar-refractivity contribution in [2.75, 3.05) is 5.32 Å². The van der Waals surface area contributed by atoms with Crippen molar-refractivity contribution in [3.63, 3.8) is 0 Å². The molecule has 0 bridgehead atoms. The lowest BCUT2D eigenvalue weighted by Gasteiger charge is -2.14. The molecule has 0 aliphatic rings. The van der Waals surface area contributed by atoms with Gasteiger partial charge in [-0.15, -0.1) is 0 Å². The molecule has 0 spiro atoms. The first-order valence-electron chi connectivity index (χ1n) is 8.98. The number of carbonyl (C=O) groups is 1. The van der Waals surface area contributed by atoms with Crippen molar-refractivity contribution in [1.29, 1.82) is 0 Å². The van der Waals surface area contributed by atoms with Crippen LogP contribution in [0.2, 0.25) is 0 Å². The molecule has 0 radical (unpaired) electrons. The van der Waals surface area contributed by atoms with Gasteiger partial charge in [-0.25, -0.2) is 8.42 Å². The summed E-state index contributed by atoms with van der Waals surface area (Å²) in [4.78, 5) is 12.0. The highest BCUT2D eigenvalue weighted by Crippen LogP contribution is 2.27. The SMILES string of the molecule is Cc1ccc(NC(=O)c2ccc(S(=O)(=O)C(F)F)cc2)c(OCc2ccccc2)c1. The van der Waals surface area contributed by atoms with Gasteiger partial charge in [0, 0.05) is 5.56 Å². The van der Waals surface area contributed by atoms with Crippen LogP contribution in [-0.2, 0) is 16.4 Å². The number of amides is 1. The highest BCUT2D eigenvalue weighted by molar-refractivity contribution is 7.91. The number of rotatable bonds is 7. The van der Waals surface area contributed by atoms with Gasteiger partial charge in [0.1, 0.15) is 12.4 Å². The fourth-order valence-electron chi connectivity index (χ4n) is 2.68. The number of hydrogen-bond acceptors (Lipinski definition) is 4. The number of halogens is 2. The van der Waals surface area contributed by atoms with Gasteiger partial charge in [0.25, 0.3) is 5.91 Å². The number of carbonyl (C=O) groups excluding carboxylic acids is 1. The maximum Gasteiger partial charge on any atom is 0.341 e. The maximum atomic E-state index is 12.6. The standard InChI is InChI=1S/C22H19F2NO4S/c1-15-7-12-19(20(13-15)29-14-16-5-3-2-4-6-16)25-21(26)17-8-10-18(11-9-17)30(27,28)22(23)24/h2-13,22H,14H2,1H3,(H,25,26). The van der Waals surface area contributed by atoms with E-state index in [-0.39, 0.29) is 5.56 Å². The summed E-state index contributed by atoms with van der Waals surface area (Å²) in [7, 11) is -4.71. The summed E-state index contributed by atoms with van der Waals surface area (Å²) in [5.74, 6) is -3.57. The van der Waals surface area contributed by atoms with Crippen molar-refractivity contribution in [3.8, 4) is 5.75 Å². The van der Waals surface area contributed by atoms with E-state index in [1.807, 2.05) is 43.3 Å². The second-order valence-corrected chi connectivity index (χ2v) is 8.48. The Morgan fingerprint density at radius 3 is 2.30 bits per heavy atom. The molecule has 0 heterocycles. The number of benzene rings is 3. The van der Waals surface area contributed by atoms with Gasteiger partial charge >= 0.3 is 5.76 Å². The van der Waals surface area contributed by atoms with E-state index in [0.717, 1.165) is 23.3 Å². The van der Waals surface area contributed by atoms with Crippen LogP contribution >= 0.6 is 0 Å². The molecule has 0 aliphatic heterocycles.